The fourth-order valence-electron chi connectivity index (χ4n) is 1.26. The van der Waals surface area contributed by atoms with Crippen molar-refractivity contribution < 1.29 is 9.90 Å². The van der Waals surface area contributed by atoms with Crippen LogP contribution in [0.5, 0.6) is 0 Å². The van der Waals surface area contributed by atoms with E-state index in [9.17, 15) is 9.90 Å². The minimum Gasteiger partial charge on any atom is -0.394 e. The summed E-state index contributed by atoms with van der Waals surface area (Å²) in [7, 11) is 0. The van der Waals surface area contributed by atoms with E-state index in [0.717, 1.165) is 0 Å². The molecule has 1 aromatic rings. The van der Waals surface area contributed by atoms with E-state index in [-0.39, 0.29) is 12.5 Å². The first-order valence-electron chi connectivity index (χ1n) is 5.31. The average molecular weight is 321 g/mol. The summed E-state index contributed by atoms with van der Waals surface area (Å²) in [5.74, 6) is -0.283. The molecule has 0 aromatic heterocycles. The number of aliphatic hydroxyl groups excluding tert-OH is 1. The largest absolute Gasteiger partial charge is 0.394 e. The second kappa shape index (κ2) is 5.85. The topological polar surface area (TPSA) is 49.3 Å². The van der Waals surface area contributed by atoms with E-state index < -0.39 is 5.54 Å². The lowest BCUT2D eigenvalue weighted by atomic mass is 9.99. The maximum atomic E-state index is 12.0. The van der Waals surface area contributed by atoms with Crippen LogP contribution >= 0.6 is 27.5 Å². The van der Waals surface area contributed by atoms with E-state index in [1.807, 2.05) is 6.92 Å². The Kier molecular flexibility index (Phi) is 4.98. The molecule has 5 heteroatoms. The zero-order valence-electron chi connectivity index (χ0n) is 9.76. The number of halogens is 2. The lowest BCUT2D eigenvalue weighted by Crippen LogP contribution is -2.48. The number of aliphatic hydroxyl groups is 1. The fourth-order valence-corrected chi connectivity index (χ4v) is 1.84. The third-order valence-electron chi connectivity index (χ3n) is 2.74. The zero-order valence-corrected chi connectivity index (χ0v) is 12.1. The summed E-state index contributed by atoms with van der Waals surface area (Å²) in [5.41, 5.74) is -0.225. The van der Waals surface area contributed by atoms with E-state index in [0.29, 0.717) is 21.5 Å². The predicted molar refractivity (Wildman–Crippen MR) is 72.4 cm³/mol. The quantitative estimate of drug-likeness (QED) is 0.896. The van der Waals surface area contributed by atoms with Gasteiger partial charge in [-0.1, -0.05) is 24.6 Å². The number of amides is 1. The van der Waals surface area contributed by atoms with Crippen molar-refractivity contribution in [2.75, 3.05) is 6.61 Å². The first kappa shape index (κ1) is 14.5. The minimum absolute atomic E-state index is 0.110. The molecule has 0 aliphatic carbocycles. The van der Waals surface area contributed by atoms with Crippen LogP contribution in [0, 0.1) is 0 Å². The molecule has 1 unspecified atom stereocenters. The summed E-state index contributed by atoms with van der Waals surface area (Å²) in [5, 5.41) is 12.4. The van der Waals surface area contributed by atoms with Gasteiger partial charge in [0.2, 0.25) is 0 Å². The molecule has 2 N–H and O–H groups in total. The molecular formula is C12H15BrClNO2. The van der Waals surface area contributed by atoms with Crippen LogP contribution in [-0.2, 0) is 0 Å². The molecule has 0 spiro atoms. The molecule has 0 saturated carbocycles. The van der Waals surface area contributed by atoms with E-state index in [4.69, 9.17) is 11.6 Å². The number of hydrogen-bond acceptors (Lipinski definition) is 2. The third-order valence-corrected chi connectivity index (χ3v) is 4.04. The number of hydrogen-bond donors (Lipinski definition) is 2. The molecule has 1 atom stereocenters. The highest BCUT2D eigenvalue weighted by Crippen LogP contribution is 2.26. The van der Waals surface area contributed by atoms with Crippen LogP contribution in [0.1, 0.15) is 30.6 Å². The number of benzene rings is 1. The zero-order chi connectivity index (χ0) is 13.1. The van der Waals surface area contributed by atoms with Crippen molar-refractivity contribution in [3.8, 4) is 0 Å². The molecule has 0 aliphatic heterocycles. The Hall–Kier alpha value is -0.580. The van der Waals surface area contributed by atoms with Gasteiger partial charge in [0.25, 0.3) is 5.91 Å². The maximum Gasteiger partial charge on any atom is 0.253 e. The Morgan fingerprint density at radius 1 is 1.59 bits per heavy atom. The Labute approximate surface area is 114 Å². The summed E-state index contributed by atoms with van der Waals surface area (Å²) < 4.78 is 0.675. The molecule has 0 bridgehead atoms. The van der Waals surface area contributed by atoms with Crippen LogP contribution in [0.15, 0.2) is 22.7 Å². The van der Waals surface area contributed by atoms with E-state index in [1.165, 1.54) is 0 Å². The summed E-state index contributed by atoms with van der Waals surface area (Å²) >= 11 is 9.30. The summed E-state index contributed by atoms with van der Waals surface area (Å²) in [4.78, 5) is 12.0. The second-order valence-corrected chi connectivity index (χ2v) is 5.36. The molecule has 0 heterocycles. The van der Waals surface area contributed by atoms with Gasteiger partial charge in [0.15, 0.2) is 0 Å². The normalized spacial score (nSPS) is 14.2. The highest BCUT2D eigenvalue weighted by atomic mass is 79.9. The van der Waals surface area contributed by atoms with Gasteiger partial charge in [0.1, 0.15) is 0 Å². The van der Waals surface area contributed by atoms with E-state index >= 15 is 0 Å². The summed E-state index contributed by atoms with van der Waals surface area (Å²) in [6, 6.07) is 5.16. The predicted octanol–water partition coefficient (Wildman–Crippen LogP) is 2.99. The van der Waals surface area contributed by atoms with Gasteiger partial charge >= 0.3 is 0 Å². The van der Waals surface area contributed by atoms with Crippen LogP contribution in [-0.4, -0.2) is 23.2 Å². The van der Waals surface area contributed by atoms with Crippen molar-refractivity contribution in [1.29, 1.82) is 0 Å². The molecule has 94 valence electrons. The number of nitrogens with one attached hydrogen (secondary N) is 1. The number of carbonyl (C=O) groups is 1. The van der Waals surface area contributed by atoms with Crippen LogP contribution in [0.25, 0.3) is 0 Å². The van der Waals surface area contributed by atoms with Crippen molar-refractivity contribution in [2.24, 2.45) is 0 Å². The highest BCUT2D eigenvalue weighted by molar-refractivity contribution is 9.10. The first-order chi connectivity index (χ1) is 7.93. The molecule has 3 nitrogen and oxygen atoms in total. The minimum atomic E-state index is -0.622. The van der Waals surface area contributed by atoms with Crippen molar-refractivity contribution in [3.05, 3.63) is 33.3 Å². The average Bonchev–Trinajstić information content (AvgIpc) is 2.32. The van der Waals surface area contributed by atoms with Gasteiger partial charge in [-0.15, -0.1) is 0 Å². The molecular weight excluding hydrogens is 305 g/mol. The third kappa shape index (κ3) is 3.44. The second-order valence-electron chi connectivity index (χ2n) is 4.13. The van der Waals surface area contributed by atoms with Gasteiger partial charge in [0, 0.05) is 4.47 Å². The smallest absolute Gasteiger partial charge is 0.253 e. The molecule has 0 saturated heterocycles. The van der Waals surface area contributed by atoms with Crippen molar-refractivity contribution in [2.45, 2.75) is 25.8 Å². The Morgan fingerprint density at radius 3 is 2.76 bits per heavy atom. The van der Waals surface area contributed by atoms with Crippen LogP contribution in [0.4, 0.5) is 0 Å². The van der Waals surface area contributed by atoms with Crippen molar-refractivity contribution in [1.82, 2.24) is 5.32 Å². The van der Waals surface area contributed by atoms with Gasteiger partial charge in [0.05, 0.1) is 22.7 Å². The van der Waals surface area contributed by atoms with Gasteiger partial charge in [-0.25, -0.2) is 0 Å². The Balaban J connectivity index is 2.94. The summed E-state index contributed by atoms with van der Waals surface area (Å²) in [6.45, 7) is 3.58. The molecule has 1 rings (SSSR count). The SMILES string of the molecule is CCC(C)(CO)NC(=O)c1cccc(Br)c1Cl. The molecule has 0 fully saturated rings. The lowest BCUT2D eigenvalue weighted by Gasteiger charge is -2.27. The van der Waals surface area contributed by atoms with Gasteiger partial charge in [-0.05, 0) is 41.4 Å². The molecule has 1 amide bonds. The van der Waals surface area contributed by atoms with Crippen LogP contribution in [0.2, 0.25) is 5.02 Å². The Bertz CT molecular complexity index is 419. The van der Waals surface area contributed by atoms with Crippen molar-refractivity contribution >= 4 is 33.4 Å². The standard InChI is InChI=1S/C12H15BrClNO2/c1-3-12(2,7-16)15-11(17)8-5-4-6-9(13)10(8)14/h4-6,16H,3,7H2,1-2H3,(H,15,17). The maximum absolute atomic E-state index is 12.0. The van der Waals surface area contributed by atoms with Gasteiger partial charge in [-0.3, -0.25) is 4.79 Å². The Morgan fingerprint density at radius 2 is 2.24 bits per heavy atom. The van der Waals surface area contributed by atoms with E-state index in [2.05, 4.69) is 21.2 Å². The van der Waals surface area contributed by atoms with E-state index in [1.54, 1.807) is 25.1 Å². The summed E-state index contributed by atoms with van der Waals surface area (Å²) in [6.07, 6.45) is 0.640. The molecule has 17 heavy (non-hydrogen) atoms. The molecule has 0 aliphatic rings. The first-order valence-corrected chi connectivity index (χ1v) is 6.48. The monoisotopic (exact) mass is 319 g/mol. The molecule has 0 radical (unpaired) electrons. The van der Waals surface area contributed by atoms with Crippen LogP contribution < -0.4 is 5.32 Å². The highest BCUT2D eigenvalue weighted by Gasteiger charge is 2.25. The lowest BCUT2D eigenvalue weighted by molar-refractivity contribution is 0.0847. The van der Waals surface area contributed by atoms with Crippen LogP contribution in [0.3, 0.4) is 0 Å². The van der Waals surface area contributed by atoms with Crippen molar-refractivity contribution in [3.63, 3.8) is 0 Å². The van der Waals surface area contributed by atoms with Gasteiger partial charge in [-0.2, -0.15) is 0 Å². The van der Waals surface area contributed by atoms with Gasteiger partial charge < -0.3 is 10.4 Å². The number of rotatable bonds is 4. The number of carbonyl (C=O) groups excluding carboxylic acids is 1. The molecule has 1 aromatic carbocycles. The fraction of sp³-hybridized carbons (Fsp3) is 0.417.